The van der Waals surface area contributed by atoms with Crippen molar-refractivity contribution in [3.8, 4) is 0 Å². The Morgan fingerprint density at radius 3 is 2.38 bits per heavy atom. The minimum Gasteiger partial charge on any atom is -0.480 e. The SMILES string of the molecule is CC1CCCCC1N(C)C(C(=O)O)C1CC1. The van der Waals surface area contributed by atoms with Crippen molar-refractivity contribution in [2.24, 2.45) is 11.8 Å². The van der Waals surface area contributed by atoms with Crippen molar-refractivity contribution >= 4 is 5.97 Å². The van der Waals surface area contributed by atoms with E-state index in [1.165, 1.54) is 25.7 Å². The van der Waals surface area contributed by atoms with Gasteiger partial charge < -0.3 is 5.11 Å². The van der Waals surface area contributed by atoms with Gasteiger partial charge in [0.25, 0.3) is 0 Å². The average Bonchev–Trinajstić information content (AvgIpc) is 3.02. The third kappa shape index (κ3) is 2.40. The van der Waals surface area contributed by atoms with E-state index < -0.39 is 5.97 Å². The molecular formula is C13H23NO2. The number of carboxylic acids is 1. The first-order valence-corrected chi connectivity index (χ1v) is 6.56. The molecule has 3 atom stereocenters. The zero-order chi connectivity index (χ0) is 11.7. The molecule has 0 aromatic heterocycles. The second kappa shape index (κ2) is 4.74. The molecule has 2 rings (SSSR count). The van der Waals surface area contributed by atoms with Crippen molar-refractivity contribution < 1.29 is 9.90 Å². The van der Waals surface area contributed by atoms with E-state index in [0.717, 1.165) is 12.8 Å². The van der Waals surface area contributed by atoms with Crippen LogP contribution in [0.1, 0.15) is 45.4 Å². The van der Waals surface area contributed by atoms with E-state index in [1.807, 2.05) is 7.05 Å². The van der Waals surface area contributed by atoms with Crippen molar-refractivity contribution in [2.45, 2.75) is 57.5 Å². The lowest BCUT2D eigenvalue weighted by molar-refractivity contribution is -0.145. The summed E-state index contributed by atoms with van der Waals surface area (Å²) in [6, 6.07) is 0.251. The normalized spacial score (nSPS) is 32.7. The van der Waals surface area contributed by atoms with Gasteiger partial charge in [-0.3, -0.25) is 9.69 Å². The standard InChI is InChI=1S/C13H23NO2/c1-9-5-3-4-6-11(9)14(2)12(13(15)16)10-7-8-10/h9-12H,3-8H2,1-2H3,(H,15,16). The first-order valence-electron chi connectivity index (χ1n) is 6.56. The van der Waals surface area contributed by atoms with Crippen LogP contribution in [-0.2, 0) is 4.79 Å². The van der Waals surface area contributed by atoms with Gasteiger partial charge in [-0.2, -0.15) is 0 Å². The lowest BCUT2D eigenvalue weighted by Gasteiger charge is -2.39. The Morgan fingerprint density at radius 2 is 1.88 bits per heavy atom. The van der Waals surface area contributed by atoms with Gasteiger partial charge in [-0.1, -0.05) is 19.8 Å². The number of rotatable bonds is 4. The fourth-order valence-electron chi connectivity index (χ4n) is 3.23. The van der Waals surface area contributed by atoms with Crippen molar-refractivity contribution in [3.63, 3.8) is 0 Å². The van der Waals surface area contributed by atoms with Gasteiger partial charge in [-0.15, -0.1) is 0 Å². The molecule has 2 saturated carbocycles. The van der Waals surface area contributed by atoms with Gasteiger partial charge in [0, 0.05) is 6.04 Å². The van der Waals surface area contributed by atoms with Gasteiger partial charge in [0.2, 0.25) is 0 Å². The molecule has 3 unspecified atom stereocenters. The van der Waals surface area contributed by atoms with Crippen LogP contribution in [0.15, 0.2) is 0 Å². The Morgan fingerprint density at radius 1 is 1.25 bits per heavy atom. The van der Waals surface area contributed by atoms with Gasteiger partial charge in [0.1, 0.15) is 6.04 Å². The molecule has 2 fully saturated rings. The van der Waals surface area contributed by atoms with E-state index in [2.05, 4.69) is 11.8 Å². The van der Waals surface area contributed by atoms with Gasteiger partial charge in [-0.25, -0.2) is 0 Å². The minimum absolute atomic E-state index is 0.231. The highest BCUT2D eigenvalue weighted by Gasteiger charge is 2.42. The number of hydrogen-bond donors (Lipinski definition) is 1. The Hall–Kier alpha value is -0.570. The zero-order valence-electron chi connectivity index (χ0n) is 10.4. The molecule has 3 nitrogen and oxygen atoms in total. The van der Waals surface area contributed by atoms with Gasteiger partial charge in [-0.05, 0) is 44.6 Å². The number of aliphatic carboxylic acids is 1. The summed E-state index contributed by atoms with van der Waals surface area (Å²) in [7, 11) is 2.02. The zero-order valence-corrected chi connectivity index (χ0v) is 10.4. The van der Waals surface area contributed by atoms with Crippen molar-refractivity contribution in [1.82, 2.24) is 4.90 Å². The van der Waals surface area contributed by atoms with Crippen LogP contribution in [0.3, 0.4) is 0 Å². The Bertz CT molecular complexity index is 263. The highest BCUT2D eigenvalue weighted by molar-refractivity contribution is 5.74. The van der Waals surface area contributed by atoms with Crippen LogP contribution in [-0.4, -0.2) is 35.1 Å². The molecule has 0 radical (unpaired) electrons. The maximum Gasteiger partial charge on any atom is 0.321 e. The van der Waals surface area contributed by atoms with Crippen molar-refractivity contribution in [3.05, 3.63) is 0 Å². The molecular weight excluding hydrogens is 202 g/mol. The highest BCUT2D eigenvalue weighted by Crippen LogP contribution is 2.38. The molecule has 1 N–H and O–H groups in total. The number of carbonyl (C=O) groups is 1. The van der Waals surface area contributed by atoms with Crippen LogP contribution in [0, 0.1) is 11.8 Å². The molecule has 2 aliphatic rings. The van der Waals surface area contributed by atoms with Crippen molar-refractivity contribution in [1.29, 1.82) is 0 Å². The molecule has 92 valence electrons. The smallest absolute Gasteiger partial charge is 0.321 e. The molecule has 0 aromatic carbocycles. The molecule has 0 aromatic rings. The van der Waals surface area contributed by atoms with Crippen LogP contribution < -0.4 is 0 Å². The fourth-order valence-corrected chi connectivity index (χ4v) is 3.23. The Labute approximate surface area is 97.8 Å². The monoisotopic (exact) mass is 225 g/mol. The molecule has 0 spiro atoms. The van der Waals surface area contributed by atoms with Crippen molar-refractivity contribution in [2.75, 3.05) is 7.05 Å². The molecule has 3 heteroatoms. The summed E-state index contributed by atoms with van der Waals surface area (Å²) in [6.45, 7) is 2.27. The van der Waals surface area contributed by atoms with Gasteiger partial charge in [0.05, 0.1) is 0 Å². The maximum atomic E-state index is 11.3. The second-order valence-corrected chi connectivity index (χ2v) is 5.62. The largest absolute Gasteiger partial charge is 0.480 e. The number of likely N-dealkylation sites (N-methyl/N-ethyl adjacent to an activating group) is 1. The Balaban J connectivity index is 2.02. The summed E-state index contributed by atoms with van der Waals surface area (Å²) in [6.07, 6.45) is 7.20. The van der Waals surface area contributed by atoms with Crippen LogP contribution in [0.5, 0.6) is 0 Å². The summed E-state index contributed by atoms with van der Waals surface area (Å²) in [5.41, 5.74) is 0. The number of hydrogen-bond acceptors (Lipinski definition) is 2. The first-order chi connectivity index (χ1) is 7.61. The van der Waals surface area contributed by atoms with Gasteiger partial charge in [0.15, 0.2) is 0 Å². The molecule has 0 heterocycles. The van der Waals surface area contributed by atoms with Crippen LogP contribution in [0.4, 0.5) is 0 Å². The lowest BCUT2D eigenvalue weighted by atomic mass is 9.84. The predicted octanol–water partition coefficient (Wildman–Crippen LogP) is 2.36. The van der Waals surface area contributed by atoms with E-state index in [1.54, 1.807) is 0 Å². The second-order valence-electron chi connectivity index (χ2n) is 5.62. The molecule has 0 aliphatic heterocycles. The van der Waals surface area contributed by atoms with Crippen LogP contribution in [0.2, 0.25) is 0 Å². The molecule has 0 saturated heterocycles. The van der Waals surface area contributed by atoms with Crippen LogP contribution >= 0.6 is 0 Å². The van der Waals surface area contributed by atoms with Crippen LogP contribution in [0.25, 0.3) is 0 Å². The van der Waals surface area contributed by atoms with E-state index in [-0.39, 0.29) is 6.04 Å². The first kappa shape index (κ1) is 11.9. The number of nitrogens with zero attached hydrogens (tertiary/aromatic N) is 1. The third-order valence-corrected chi connectivity index (χ3v) is 4.35. The summed E-state index contributed by atoms with van der Waals surface area (Å²) in [4.78, 5) is 13.5. The summed E-state index contributed by atoms with van der Waals surface area (Å²) in [5.74, 6) is 0.443. The number of carboxylic acid groups (broad SMARTS) is 1. The average molecular weight is 225 g/mol. The highest BCUT2D eigenvalue weighted by atomic mass is 16.4. The van der Waals surface area contributed by atoms with E-state index in [9.17, 15) is 9.90 Å². The predicted molar refractivity (Wildman–Crippen MR) is 63.3 cm³/mol. The fraction of sp³-hybridized carbons (Fsp3) is 0.923. The molecule has 0 amide bonds. The topological polar surface area (TPSA) is 40.5 Å². The molecule has 0 bridgehead atoms. The van der Waals surface area contributed by atoms with E-state index >= 15 is 0 Å². The summed E-state index contributed by atoms with van der Waals surface area (Å²) in [5, 5.41) is 9.33. The van der Waals surface area contributed by atoms with E-state index in [4.69, 9.17) is 0 Å². The maximum absolute atomic E-state index is 11.3. The quantitative estimate of drug-likeness (QED) is 0.798. The lowest BCUT2D eigenvalue weighted by Crippen LogP contribution is -2.49. The summed E-state index contributed by atoms with van der Waals surface area (Å²) >= 11 is 0. The molecule has 16 heavy (non-hydrogen) atoms. The molecule has 2 aliphatic carbocycles. The summed E-state index contributed by atoms with van der Waals surface area (Å²) < 4.78 is 0. The van der Waals surface area contributed by atoms with Gasteiger partial charge >= 0.3 is 5.97 Å². The Kier molecular flexibility index (Phi) is 3.53. The van der Waals surface area contributed by atoms with E-state index in [0.29, 0.717) is 17.9 Å². The minimum atomic E-state index is -0.622. The third-order valence-electron chi connectivity index (χ3n) is 4.35.